The molecule has 0 fully saturated rings. The highest BCUT2D eigenvalue weighted by molar-refractivity contribution is 5.00. The summed E-state index contributed by atoms with van der Waals surface area (Å²) < 4.78 is 0. The fourth-order valence-corrected chi connectivity index (χ4v) is 2.16. The van der Waals surface area contributed by atoms with Gasteiger partial charge in [-0.1, -0.05) is 27.7 Å². The van der Waals surface area contributed by atoms with E-state index in [9.17, 15) is 0 Å². The van der Waals surface area contributed by atoms with Gasteiger partial charge < -0.3 is 5.32 Å². The van der Waals surface area contributed by atoms with Crippen LogP contribution in [-0.4, -0.2) is 16.0 Å². The number of aromatic nitrogens is 2. The van der Waals surface area contributed by atoms with E-state index in [0.29, 0.717) is 6.04 Å². The smallest absolute Gasteiger partial charge is 0.0724 e. The van der Waals surface area contributed by atoms with Crippen LogP contribution in [0.1, 0.15) is 51.9 Å². The first-order valence-electron chi connectivity index (χ1n) is 6.98. The maximum Gasteiger partial charge on any atom is 0.0724 e. The fraction of sp³-hybridized carbons (Fsp3) is 0.733. The Morgan fingerprint density at radius 2 is 1.61 bits per heavy atom. The first kappa shape index (κ1) is 15.1. The van der Waals surface area contributed by atoms with Gasteiger partial charge >= 0.3 is 0 Å². The van der Waals surface area contributed by atoms with Crippen molar-refractivity contribution in [2.75, 3.05) is 0 Å². The van der Waals surface area contributed by atoms with Crippen LogP contribution in [0, 0.1) is 18.8 Å². The normalized spacial score (nSPS) is 11.8. The summed E-state index contributed by atoms with van der Waals surface area (Å²) in [6.45, 7) is 11.9. The fourth-order valence-electron chi connectivity index (χ4n) is 2.16. The zero-order valence-corrected chi connectivity index (χ0v) is 12.4. The lowest BCUT2D eigenvalue weighted by Gasteiger charge is -2.22. The number of rotatable bonds is 7. The molecule has 0 atom stereocenters. The third kappa shape index (κ3) is 6.10. The molecule has 0 bridgehead atoms. The first-order valence-corrected chi connectivity index (χ1v) is 6.98. The van der Waals surface area contributed by atoms with Crippen LogP contribution in [0.25, 0.3) is 0 Å². The van der Waals surface area contributed by atoms with E-state index >= 15 is 0 Å². The SMILES string of the molecule is Cc1cnc(CNC(CC(C)C)CC(C)C)cn1. The van der Waals surface area contributed by atoms with Crippen LogP contribution in [-0.2, 0) is 6.54 Å². The Morgan fingerprint density at radius 3 is 2.06 bits per heavy atom. The van der Waals surface area contributed by atoms with Gasteiger partial charge in [0.2, 0.25) is 0 Å². The predicted molar refractivity (Wildman–Crippen MR) is 76.3 cm³/mol. The summed E-state index contributed by atoms with van der Waals surface area (Å²) in [5.41, 5.74) is 2.00. The molecule has 0 saturated carbocycles. The number of aryl methyl sites for hydroxylation is 1. The number of hydrogen-bond acceptors (Lipinski definition) is 3. The minimum absolute atomic E-state index is 0.577. The Labute approximate surface area is 111 Å². The lowest BCUT2D eigenvalue weighted by molar-refractivity contribution is 0.357. The summed E-state index contributed by atoms with van der Waals surface area (Å²) in [6, 6.07) is 0.577. The summed E-state index contributed by atoms with van der Waals surface area (Å²) in [7, 11) is 0. The van der Waals surface area contributed by atoms with Crippen LogP contribution in [0.2, 0.25) is 0 Å². The van der Waals surface area contributed by atoms with Gasteiger partial charge in [-0.15, -0.1) is 0 Å². The molecule has 1 rings (SSSR count). The molecule has 1 aromatic rings. The Morgan fingerprint density at radius 1 is 1.00 bits per heavy atom. The Kier molecular flexibility index (Phi) is 6.27. The molecule has 3 nitrogen and oxygen atoms in total. The van der Waals surface area contributed by atoms with Gasteiger partial charge in [-0.25, -0.2) is 0 Å². The van der Waals surface area contributed by atoms with Gasteiger partial charge in [-0.2, -0.15) is 0 Å². The number of hydrogen-bond donors (Lipinski definition) is 1. The molecule has 0 aromatic carbocycles. The van der Waals surface area contributed by atoms with Crippen molar-refractivity contribution in [1.29, 1.82) is 0 Å². The minimum atomic E-state index is 0.577. The average Bonchev–Trinajstić information content (AvgIpc) is 2.26. The lowest BCUT2D eigenvalue weighted by atomic mass is 9.95. The zero-order chi connectivity index (χ0) is 13.5. The van der Waals surface area contributed by atoms with Gasteiger partial charge in [0.25, 0.3) is 0 Å². The molecule has 1 heterocycles. The number of nitrogens with one attached hydrogen (secondary N) is 1. The minimum Gasteiger partial charge on any atom is -0.308 e. The molecule has 0 spiro atoms. The molecule has 0 aliphatic rings. The predicted octanol–water partition coefficient (Wildman–Crippen LogP) is 3.34. The molecule has 0 saturated heterocycles. The molecule has 1 N–H and O–H groups in total. The third-order valence-electron chi connectivity index (χ3n) is 2.92. The van der Waals surface area contributed by atoms with Crippen molar-refractivity contribution in [3.8, 4) is 0 Å². The summed E-state index contributed by atoms with van der Waals surface area (Å²) in [4.78, 5) is 8.66. The highest BCUT2D eigenvalue weighted by atomic mass is 14.9. The monoisotopic (exact) mass is 249 g/mol. The van der Waals surface area contributed by atoms with E-state index < -0.39 is 0 Å². The molecule has 18 heavy (non-hydrogen) atoms. The van der Waals surface area contributed by atoms with Crippen molar-refractivity contribution in [2.24, 2.45) is 11.8 Å². The number of nitrogens with zero attached hydrogens (tertiary/aromatic N) is 2. The molecule has 0 aliphatic carbocycles. The molecule has 0 radical (unpaired) electrons. The largest absolute Gasteiger partial charge is 0.308 e. The van der Waals surface area contributed by atoms with Crippen molar-refractivity contribution in [3.63, 3.8) is 0 Å². The maximum absolute atomic E-state index is 4.38. The maximum atomic E-state index is 4.38. The van der Waals surface area contributed by atoms with E-state index in [1.54, 1.807) is 0 Å². The van der Waals surface area contributed by atoms with E-state index in [1.807, 2.05) is 19.3 Å². The summed E-state index contributed by atoms with van der Waals surface area (Å²) in [6.07, 6.45) is 6.13. The first-order chi connectivity index (χ1) is 8.47. The standard InChI is InChI=1S/C15H27N3/c1-11(2)6-14(7-12(3)4)18-10-15-9-16-13(5)8-17-15/h8-9,11-12,14,18H,6-7,10H2,1-5H3. The zero-order valence-electron chi connectivity index (χ0n) is 12.4. The van der Waals surface area contributed by atoms with Gasteiger partial charge in [-0.3, -0.25) is 9.97 Å². The van der Waals surface area contributed by atoms with Gasteiger partial charge in [0, 0.05) is 25.0 Å². The van der Waals surface area contributed by atoms with Crippen molar-refractivity contribution in [3.05, 3.63) is 23.8 Å². The molecule has 1 aromatic heterocycles. The van der Waals surface area contributed by atoms with E-state index in [-0.39, 0.29) is 0 Å². The van der Waals surface area contributed by atoms with Crippen molar-refractivity contribution < 1.29 is 0 Å². The topological polar surface area (TPSA) is 37.8 Å². The molecular weight excluding hydrogens is 222 g/mol. The highest BCUT2D eigenvalue weighted by Gasteiger charge is 2.12. The van der Waals surface area contributed by atoms with E-state index in [4.69, 9.17) is 0 Å². The third-order valence-corrected chi connectivity index (χ3v) is 2.92. The Bertz CT molecular complexity index is 320. The van der Waals surface area contributed by atoms with Crippen LogP contribution in [0.3, 0.4) is 0 Å². The van der Waals surface area contributed by atoms with E-state index in [2.05, 4.69) is 43.0 Å². The molecule has 102 valence electrons. The van der Waals surface area contributed by atoms with Crippen LogP contribution >= 0.6 is 0 Å². The summed E-state index contributed by atoms with van der Waals surface area (Å²) in [5, 5.41) is 3.62. The molecular formula is C15H27N3. The average molecular weight is 249 g/mol. The molecule has 3 heteroatoms. The molecule has 0 amide bonds. The van der Waals surface area contributed by atoms with Gasteiger partial charge in [0.1, 0.15) is 0 Å². The second-order valence-corrected chi connectivity index (χ2v) is 5.99. The van der Waals surface area contributed by atoms with Crippen LogP contribution in [0.5, 0.6) is 0 Å². The Hall–Kier alpha value is -0.960. The highest BCUT2D eigenvalue weighted by Crippen LogP contribution is 2.13. The van der Waals surface area contributed by atoms with Crippen LogP contribution in [0.15, 0.2) is 12.4 Å². The van der Waals surface area contributed by atoms with Crippen LogP contribution in [0.4, 0.5) is 0 Å². The second kappa shape index (κ2) is 7.47. The van der Waals surface area contributed by atoms with E-state index in [0.717, 1.165) is 29.8 Å². The summed E-state index contributed by atoms with van der Waals surface area (Å²) >= 11 is 0. The van der Waals surface area contributed by atoms with Crippen molar-refractivity contribution >= 4 is 0 Å². The lowest BCUT2D eigenvalue weighted by Crippen LogP contribution is -2.31. The quantitative estimate of drug-likeness (QED) is 0.805. The molecule has 0 aliphatic heterocycles. The second-order valence-electron chi connectivity index (χ2n) is 5.99. The van der Waals surface area contributed by atoms with Crippen molar-refractivity contribution in [1.82, 2.24) is 15.3 Å². The molecule has 0 unspecified atom stereocenters. The Balaban J connectivity index is 2.47. The van der Waals surface area contributed by atoms with Gasteiger partial charge in [-0.05, 0) is 31.6 Å². The van der Waals surface area contributed by atoms with Crippen molar-refractivity contribution in [2.45, 2.75) is 60.0 Å². The summed E-state index contributed by atoms with van der Waals surface area (Å²) in [5.74, 6) is 1.45. The van der Waals surface area contributed by atoms with Gasteiger partial charge in [0.15, 0.2) is 0 Å². The van der Waals surface area contributed by atoms with Gasteiger partial charge in [0.05, 0.1) is 11.4 Å². The van der Waals surface area contributed by atoms with Crippen LogP contribution < -0.4 is 5.32 Å². The van der Waals surface area contributed by atoms with E-state index in [1.165, 1.54) is 12.8 Å².